The Bertz CT molecular complexity index is 545. The smallest absolute Gasteiger partial charge is 0.269 e. The Morgan fingerprint density at radius 3 is 2.50 bits per heavy atom. The Balaban J connectivity index is 1.98. The molecule has 2 heterocycles. The second kappa shape index (κ2) is 8.90. The predicted octanol–water partition coefficient (Wildman–Crippen LogP) is 4.16. The third-order valence-electron chi connectivity index (χ3n) is 4.47. The monoisotopic (exact) mass is 333 g/mol. The lowest BCUT2D eigenvalue weighted by atomic mass is 10.0. The number of hydrogen-bond acceptors (Lipinski definition) is 4. The van der Waals surface area contributed by atoms with Gasteiger partial charge < -0.3 is 10.5 Å². The minimum atomic E-state index is -0.438. The first kappa shape index (κ1) is 18.6. The number of hydrogen-bond donors (Lipinski definition) is 1. The number of carbonyl (C=O) groups is 1. The highest BCUT2D eigenvalue weighted by molar-refractivity contribution is 5.99. The Morgan fingerprint density at radius 1 is 1.17 bits per heavy atom. The molecule has 0 saturated heterocycles. The van der Waals surface area contributed by atoms with E-state index in [0.29, 0.717) is 23.9 Å². The average molecular weight is 333 g/mol. The van der Waals surface area contributed by atoms with Crippen molar-refractivity contribution in [3.63, 3.8) is 0 Å². The van der Waals surface area contributed by atoms with Crippen LogP contribution in [0.4, 0.5) is 11.6 Å². The zero-order valence-corrected chi connectivity index (χ0v) is 15.3. The van der Waals surface area contributed by atoms with E-state index >= 15 is 0 Å². The number of carbonyl (C=O) groups excluding carboxylic acids is 1. The lowest BCUT2D eigenvalue weighted by molar-refractivity contribution is -0.128. The van der Waals surface area contributed by atoms with Gasteiger partial charge in [0.15, 0.2) is 17.7 Å². The first-order valence-electron chi connectivity index (χ1n) is 9.29. The minimum Gasteiger partial charge on any atom is -0.476 e. The van der Waals surface area contributed by atoms with Crippen LogP contribution in [0.2, 0.25) is 0 Å². The third-order valence-corrected chi connectivity index (χ3v) is 4.47. The van der Waals surface area contributed by atoms with Gasteiger partial charge in [-0.1, -0.05) is 59.3 Å². The molecule has 5 heteroatoms. The molecule has 1 aliphatic rings. The number of amides is 1. The van der Waals surface area contributed by atoms with E-state index in [9.17, 15) is 4.79 Å². The maximum atomic E-state index is 12.8. The van der Waals surface area contributed by atoms with Crippen molar-refractivity contribution in [1.82, 2.24) is 4.98 Å². The number of aromatic nitrogens is 1. The Labute approximate surface area is 145 Å². The summed E-state index contributed by atoms with van der Waals surface area (Å²) in [4.78, 5) is 18.9. The highest BCUT2D eigenvalue weighted by Crippen LogP contribution is 2.34. The van der Waals surface area contributed by atoms with Crippen molar-refractivity contribution in [2.24, 2.45) is 5.92 Å². The van der Waals surface area contributed by atoms with Gasteiger partial charge in [-0.3, -0.25) is 9.69 Å². The van der Waals surface area contributed by atoms with Gasteiger partial charge in [-0.25, -0.2) is 4.98 Å². The average Bonchev–Trinajstić information content (AvgIpc) is 2.55. The fourth-order valence-electron chi connectivity index (χ4n) is 3.05. The first-order chi connectivity index (χ1) is 11.5. The van der Waals surface area contributed by atoms with Crippen LogP contribution in [0, 0.1) is 5.92 Å². The van der Waals surface area contributed by atoms with Gasteiger partial charge in [0, 0.05) is 6.54 Å². The zero-order chi connectivity index (χ0) is 17.5. The molecular formula is C19H31N3O2. The molecule has 2 rings (SSSR count). The van der Waals surface area contributed by atoms with Crippen LogP contribution in [0.3, 0.4) is 0 Å². The van der Waals surface area contributed by atoms with Crippen LogP contribution in [-0.2, 0) is 4.79 Å². The van der Waals surface area contributed by atoms with Crippen LogP contribution in [0.15, 0.2) is 12.1 Å². The van der Waals surface area contributed by atoms with Crippen LogP contribution in [-0.4, -0.2) is 23.5 Å². The second-order valence-corrected chi connectivity index (χ2v) is 6.95. The molecular weight excluding hydrogens is 302 g/mol. The third kappa shape index (κ3) is 4.62. The van der Waals surface area contributed by atoms with E-state index in [1.54, 1.807) is 11.0 Å². The molecule has 2 N–H and O–H groups in total. The highest BCUT2D eigenvalue weighted by Gasteiger charge is 2.37. The molecule has 0 bridgehead atoms. The lowest BCUT2D eigenvalue weighted by Gasteiger charge is -2.35. The Kier molecular flexibility index (Phi) is 6.88. The van der Waals surface area contributed by atoms with Crippen molar-refractivity contribution < 1.29 is 9.53 Å². The van der Waals surface area contributed by atoms with E-state index in [-0.39, 0.29) is 11.8 Å². The zero-order valence-electron chi connectivity index (χ0n) is 15.3. The summed E-state index contributed by atoms with van der Waals surface area (Å²) in [5.74, 6) is 1.77. The van der Waals surface area contributed by atoms with Gasteiger partial charge in [-0.15, -0.1) is 0 Å². The molecule has 1 amide bonds. The molecule has 0 aromatic carbocycles. The summed E-state index contributed by atoms with van der Waals surface area (Å²) in [6.45, 7) is 6.92. The van der Waals surface area contributed by atoms with E-state index in [4.69, 9.17) is 10.5 Å². The quantitative estimate of drug-likeness (QED) is 0.689. The summed E-state index contributed by atoms with van der Waals surface area (Å²) in [6.07, 6.45) is 8.08. The fourth-order valence-corrected chi connectivity index (χ4v) is 3.05. The number of fused-ring (bicyclic) bond motifs is 1. The summed E-state index contributed by atoms with van der Waals surface area (Å²) in [7, 11) is 0. The molecule has 0 saturated carbocycles. The molecule has 1 aliphatic heterocycles. The molecule has 0 radical (unpaired) electrons. The molecule has 1 atom stereocenters. The van der Waals surface area contributed by atoms with Gasteiger partial charge in [0.2, 0.25) is 0 Å². The van der Waals surface area contributed by atoms with E-state index < -0.39 is 6.10 Å². The molecule has 0 aliphatic carbocycles. The Morgan fingerprint density at radius 2 is 1.83 bits per heavy atom. The molecule has 5 nitrogen and oxygen atoms in total. The minimum absolute atomic E-state index is 0.00147. The van der Waals surface area contributed by atoms with Crippen molar-refractivity contribution in [3.05, 3.63) is 12.1 Å². The number of unbranched alkanes of at least 4 members (excludes halogenated alkanes) is 6. The van der Waals surface area contributed by atoms with Crippen molar-refractivity contribution in [2.45, 2.75) is 71.8 Å². The number of ether oxygens (including phenoxy) is 1. The van der Waals surface area contributed by atoms with Crippen LogP contribution in [0.25, 0.3) is 0 Å². The SMILES string of the molecule is CCCCCCCCCN1C(=O)C(C(C)C)Oc2ccc(N)nc21. The summed E-state index contributed by atoms with van der Waals surface area (Å²) in [5, 5.41) is 0. The van der Waals surface area contributed by atoms with Gasteiger partial charge in [0.25, 0.3) is 5.91 Å². The van der Waals surface area contributed by atoms with Crippen molar-refractivity contribution >= 4 is 17.5 Å². The summed E-state index contributed by atoms with van der Waals surface area (Å²) in [5.41, 5.74) is 5.80. The number of nitrogen functional groups attached to an aromatic ring is 1. The number of nitrogens with two attached hydrogens (primary N) is 1. The molecule has 1 aromatic rings. The van der Waals surface area contributed by atoms with E-state index in [1.165, 1.54) is 32.1 Å². The van der Waals surface area contributed by atoms with Crippen LogP contribution < -0.4 is 15.4 Å². The Hall–Kier alpha value is -1.78. The number of rotatable bonds is 9. The largest absolute Gasteiger partial charge is 0.476 e. The first-order valence-corrected chi connectivity index (χ1v) is 9.29. The van der Waals surface area contributed by atoms with Gasteiger partial charge in [-0.2, -0.15) is 0 Å². The van der Waals surface area contributed by atoms with Gasteiger partial charge >= 0.3 is 0 Å². The van der Waals surface area contributed by atoms with E-state index in [1.807, 2.05) is 19.9 Å². The molecule has 134 valence electrons. The highest BCUT2D eigenvalue weighted by atomic mass is 16.5. The number of anilines is 2. The topological polar surface area (TPSA) is 68.5 Å². The lowest BCUT2D eigenvalue weighted by Crippen LogP contribution is -2.49. The van der Waals surface area contributed by atoms with Gasteiger partial charge in [0.1, 0.15) is 5.82 Å². The summed E-state index contributed by atoms with van der Waals surface area (Å²) in [6, 6.07) is 3.54. The summed E-state index contributed by atoms with van der Waals surface area (Å²) >= 11 is 0. The normalized spacial score (nSPS) is 17.1. The van der Waals surface area contributed by atoms with Crippen molar-refractivity contribution in [2.75, 3.05) is 17.2 Å². The molecule has 0 fully saturated rings. The van der Waals surface area contributed by atoms with Crippen molar-refractivity contribution in [3.8, 4) is 5.75 Å². The maximum Gasteiger partial charge on any atom is 0.269 e. The summed E-state index contributed by atoms with van der Waals surface area (Å²) < 4.78 is 5.85. The molecule has 1 aromatic heterocycles. The predicted molar refractivity (Wildman–Crippen MR) is 98.2 cm³/mol. The van der Waals surface area contributed by atoms with Crippen LogP contribution in [0.1, 0.15) is 65.7 Å². The van der Waals surface area contributed by atoms with Gasteiger partial charge in [-0.05, 0) is 24.5 Å². The van der Waals surface area contributed by atoms with Crippen LogP contribution >= 0.6 is 0 Å². The van der Waals surface area contributed by atoms with E-state index in [0.717, 1.165) is 12.8 Å². The van der Waals surface area contributed by atoms with Crippen LogP contribution in [0.5, 0.6) is 5.75 Å². The second-order valence-electron chi connectivity index (χ2n) is 6.95. The molecule has 24 heavy (non-hydrogen) atoms. The maximum absolute atomic E-state index is 12.8. The van der Waals surface area contributed by atoms with E-state index in [2.05, 4.69) is 11.9 Å². The standard InChI is InChI=1S/C19H31N3O2/c1-4-5-6-7-8-9-10-13-22-18-15(11-12-16(20)21-18)24-17(14(2)3)19(22)23/h11-12,14,17H,4-10,13H2,1-3H3,(H2,20,21). The number of nitrogens with zero attached hydrogens (tertiary/aromatic N) is 2. The molecule has 1 unspecified atom stereocenters. The van der Waals surface area contributed by atoms with Gasteiger partial charge in [0.05, 0.1) is 0 Å². The fraction of sp³-hybridized carbons (Fsp3) is 0.684. The number of pyridine rings is 1. The van der Waals surface area contributed by atoms with Crippen molar-refractivity contribution in [1.29, 1.82) is 0 Å². The molecule has 0 spiro atoms.